The molecule has 0 unspecified atom stereocenters. The van der Waals surface area contributed by atoms with Gasteiger partial charge in [0.1, 0.15) is 0 Å². The van der Waals surface area contributed by atoms with Crippen LogP contribution in [-0.2, 0) is 16.1 Å². The second-order valence-corrected chi connectivity index (χ2v) is 5.51. The Bertz CT molecular complexity index is 496. The number of amides is 2. The normalized spacial score (nSPS) is 15.6. The fraction of sp³-hybridized carbons (Fsp3) is 0.467. The summed E-state index contributed by atoms with van der Waals surface area (Å²) in [5.74, 6) is -0.00679. The first kappa shape index (κ1) is 15.6. The number of carbonyl (C=O) groups excluding carboxylic acids is 2. The van der Waals surface area contributed by atoms with Crippen molar-refractivity contribution in [2.24, 2.45) is 5.92 Å². The molecule has 2 amide bonds. The molecule has 114 valence electrons. The molecule has 1 saturated heterocycles. The standard InChI is InChI=1S/C15H19ClN2O3/c1-21-15(20)18-8-6-12(7-9-18)14(19)17-10-11-2-4-13(16)5-3-11/h2-5,12H,6-10H2,1H3,(H,17,19). The van der Waals surface area contributed by atoms with E-state index in [1.807, 2.05) is 12.1 Å². The zero-order valence-corrected chi connectivity index (χ0v) is 12.7. The van der Waals surface area contributed by atoms with Crippen LogP contribution in [0.1, 0.15) is 18.4 Å². The average molecular weight is 311 g/mol. The van der Waals surface area contributed by atoms with Crippen LogP contribution >= 0.6 is 11.6 Å². The average Bonchev–Trinajstić information content (AvgIpc) is 2.53. The van der Waals surface area contributed by atoms with Gasteiger partial charge in [-0.05, 0) is 30.5 Å². The number of carbonyl (C=O) groups is 2. The van der Waals surface area contributed by atoms with Gasteiger partial charge in [0.2, 0.25) is 5.91 Å². The third kappa shape index (κ3) is 4.36. The molecule has 0 saturated carbocycles. The summed E-state index contributed by atoms with van der Waals surface area (Å²) in [5, 5.41) is 3.61. The molecule has 0 bridgehead atoms. The fourth-order valence-electron chi connectivity index (χ4n) is 2.39. The molecule has 0 aliphatic carbocycles. The van der Waals surface area contributed by atoms with Gasteiger partial charge in [0.25, 0.3) is 0 Å². The molecule has 21 heavy (non-hydrogen) atoms. The molecule has 2 rings (SSSR count). The van der Waals surface area contributed by atoms with E-state index in [9.17, 15) is 9.59 Å². The van der Waals surface area contributed by atoms with E-state index in [1.165, 1.54) is 7.11 Å². The van der Waals surface area contributed by atoms with Crippen LogP contribution in [0, 0.1) is 5.92 Å². The lowest BCUT2D eigenvalue weighted by molar-refractivity contribution is -0.126. The number of nitrogens with one attached hydrogen (secondary N) is 1. The quantitative estimate of drug-likeness (QED) is 0.933. The molecule has 1 aliphatic heterocycles. The summed E-state index contributed by atoms with van der Waals surface area (Å²) in [4.78, 5) is 25.1. The van der Waals surface area contributed by atoms with E-state index in [4.69, 9.17) is 11.6 Å². The molecule has 6 heteroatoms. The molecule has 1 N–H and O–H groups in total. The summed E-state index contributed by atoms with van der Waals surface area (Å²) < 4.78 is 4.68. The number of methoxy groups -OCH3 is 1. The Kier molecular flexibility index (Phi) is 5.44. The van der Waals surface area contributed by atoms with Crippen molar-refractivity contribution < 1.29 is 14.3 Å². The Labute approximate surface area is 129 Å². The van der Waals surface area contributed by atoms with Crippen molar-refractivity contribution in [1.29, 1.82) is 0 Å². The van der Waals surface area contributed by atoms with E-state index < -0.39 is 0 Å². The lowest BCUT2D eigenvalue weighted by Crippen LogP contribution is -2.42. The maximum Gasteiger partial charge on any atom is 0.409 e. The first-order valence-corrected chi connectivity index (χ1v) is 7.33. The van der Waals surface area contributed by atoms with Crippen LogP contribution in [0.15, 0.2) is 24.3 Å². The first-order chi connectivity index (χ1) is 10.1. The minimum Gasteiger partial charge on any atom is -0.453 e. The summed E-state index contributed by atoms with van der Waals surface area (Å²) in [6, 6.07) is 7.39. The van der Waals surface area contributed by atoms with E-state index in [1.54, 1.807) is 17.0 Å². The molecule has 1 aliphatic rings. The second kappa shape index (κ2) is 7.31. The predicted octanol–water partition coefficient (Wildman–Crippen LogP) is 2.43. The van der Waals surface area contributed by atoms with Crippen molar-refractivity contribution in [3.8, 4) is 0 Å². The largest absolute Gasteiger partial charge is 0.453 e. The van der Waals surface area contributed by atoms with Crippen molar-refractivity contribution in [3.05, 3.63) is 34.9 Å². The monoisotopic (exact) mass is 310 g/mol. The number of hydrogen-bond acceptors (Lipinski definition) is 3. The van der Waals surface area contributed by atoms with E-state index in [2.05, 4.69) is 10.1 Å². The third-order valence-corrected chi connectivity index (χ3v) is 3.93. The molecular weight excluding hydrogens is 292 g/mol. The van der Waals surface area contributed by atoms with Gasteiger partial charge in [-0.2, -0.15) is 0 Å². The van der Waals surface area contributed by atoms with Gasteiger partial charge in [-0.25, -0.2) is 4.79 Å². The van der Waals surface area contributed by atoms with Crippen LogP contribution in [0.4, 0.5) is 4.79 Å². The summed E-state index contributed by atoms with van der Waals surface area (Å²) in [6.07, 6.45) is 1.01. The van der Waals surface area contributed by atoms with Crippen LogP contribution in [0.5, 0.6) is 0 Å². The minimum absolute atomic E-state index is 0.0365. The molecule has 5 nitrogen and oxygen atoms in total. The van der Waals surface area contributed by atoms with Gasteiger partial charge >= 0.3 is 6.09 Å². The number of ether oxygens (including phenoxy) is 1. The number of nitrogens with zero attached hydrogens (tertiary/aromatic N) is 1. The van der Waals surface area contributed by atoms with Crippen molar-refractivity contribution in [2.45, 2.75) is 19.4 Å². The maximum atomic E-state index is 12.1. The van der Waals surface area contributed by atoms with Crippen molar-refractivity contribution >= 4 is 23.6 Å². The summed E-state index contributed by atoms with van der Waals surface area (Å²) in [7, 11) is 1.37. The lowest BCUT2D eigenvalue weighted by atomic mass is 9.96. The van der Waals surface area contributed by atoms with Crippen LogP contribution in [0.25, 0.3) is 0 Å². The van der Waals surface area contributed by atoms with Gasteiger partial charge in [-0.1, -0.05) is 23.7 Å². The lowest BCUT2D eigenvalue weighted by Gasteiger charge is -2.30. The maximum absolute atomic E-state index is 12.1. The molecule has 0 atom stereocenters. The van der Waals surface area contributed by atoms with Gasteiger partial charge in [-0.3, -0.25) is 4.79 Å². The Morgan fingerprint density at radius 3 is 2.48 bits per heavy atom. The highest BCUT2D eigenvalue weighted by Gasteiger charge is 2.27. The van der Waals surface area contributed by atoms with Gasteiger partial charge in [0.05, 0.1) is 7.11 Å². The summed E-state index contributed by atoms with van der Waals surface area (Å²) in [6.45, 7) is 1.62. The molecule has 0 aromatic heterocycles. The van der Waals surface area contributed by atoms with Crippen LogP contribution < -0.4 is 5.32 Å². The van der Waals surface area contributed by atoms with Gasteiger partial charge in [0.15, 0.2) is 0 Å². The van der Waals surface area contributed by atoms with Gasteiger partial charge in [-0.15, -0.1) is 0 Å². The number of likely N-dealkylation sites (tertiary alicyclic amines) is 1. The Morgan fingerprint density at radius 1 is 1.29 bits per heavy atom. The smallest absolute Gasteiger partial charge is 0.409 e. The van der Waals surface area contributed by atoms with Crippen molar-refractivity contribution in [3.63, 3.8) is 0 Å². The molecule has 0 radical (unpaired) electrons. The topological polar surface area (TPSA) is 58.6 Å². The number of benzene rings is 1. The molecule has 1 aromatic rings. The number of halogens is 1. The van der Waals surface area contributed by atoms with E-state index in [0.29, 0.717) is 37.5 Å². The fourth-order valence-corrected chi connectivity index (χ4v) is 2.52. The minimum atomic E-state index is -0.324. The van der Waals surface area contributed by atoms with E-state index >= 15 is 0 Å². The van der Waals surface area contributed by atoms with Crippen LogP contribution in [-0.4, -0.2) is 37.1 Å². The molecule has 1 heterocycles. The number of piperidine rings is 1. The second-order valence-electron chi connectivity index (χ2n) is 5.08. The van der Waals surface area contributed by atoms with Crippen LogP contribution in [0.2, 0.25) is 5.02 Å². The summed E-state index contributed by atoms with van der Waals surface area (Å²) in [5.41, 5.74) is 1.01. The molecule has 1 aromatic carbocycles. The zero-order chi connectivity index (χ0) is 15.2. The van der Waals surface area contributed by atoms with Crippen molar-refractivity contribution in [2.75, 3.05) is 20.2 Å². The Morgan fingerprint density at radius 2 is 1.90 bits per heavy atom. The Hall–Kier alpha value is -1.75. The molecular formula is C15H19ClN2O3. The molecule has 0 spiro atoms. The highest BCUT2D eigenvalue weighted by molar-refractivity contribution is 6.30. The van der Waals surface area contributed by atoms with Crippen molar-refractivity contribution in [1.82, 2.24) is 10.2 Å². The highest BCUT2D eigenvalue weighted by Crippen LogP contribution is 2.18. The predicted molar refractivity (Wildman–Crippen MR) is 80.0 cm³/mol. The molecule has 1 fully saturated rings. The highest BCUT2D eigenvalue weighted by atomic mass is 35.5. The van der Waals surface area contributed by atoms with Gasteiger partial charge < -0.3 is 15.0 Å². The Balaban J connectivity index is 1.77. The van der Waals surface area contributed by atoms with Crippen LogP contribution in [0.3, 0.4) is 0 Å². The SMILES string of the molecule is COC(=O)N1CCC(C(=O)NCc2ccc(Cl)cc2)CC1. The number of rotatable bonds is 3. The first-order valence-electron chi connectivity index (χ1n) is 6.95. The summed E-state index contributed by atoms with van der Waals surface area (Å²) >= 11 is 5.82. The van der Waals surface area contributed by atoms with E-state index in [-0.39, 0.29) is 17.9 Å². The zero-order valence-electron chi connectivity index (χ0n) is 12.0. The third-order valence-electron chi connectivity index (χ3n) is 3.68. The number of hydrogen-bond donors (Lipinski definition) is 1. The van der Waals surface area contributed by atoms with E-state index in [0.717, 1.165) is 5.56 Å². The van der Waals surface area contributed by atoms with Gasteiger partial charge in [0, 0.05) is 30.6 Å².